The topological polar surface area (TPSA) is 140 Å². The van der Waals surface area contributed by atoms with Gasteiger partial charge in [-0.2, -0.15) is 0 Å². The first-order valence-corrected chi connectivity index (χ1v) is 20.5. The number of benzene rings is 4. The fraction of sp³-hybridized carbons (Fsp3) is 0.326. The molecule has 1 aromatic heterocycles. The Morgan fingerprint density at radius 1 is 0.783 bits per heavy atom. The summed E-state index contributed by atoms with van der Waals surface area (Å²) in [5.74, 6) is 0.462. The third kappa shape index (κ3) is 6.75. The molecule has 3 amide bonds. The maximum Gasteiger partial charge on any atom is 0.407 e. The first kappa shape index (κ1) is 37.7. The molecule has 0 saturated carbocycles. The minimum absolute atomic E-state index is 0.00485. The van der Waals surface area contributed by atoms with E-state index in [4.69, 9.17) is 14.2 Å². The van der Waals surface area contributed by atoms with Crippen LogP contribution in [0.15, 0.2) is 84.9 Å². The van der Waals surface area contributed by atoms with E-state index < -0.39 is 6.09 Å². The number of carboxylic acid groups (broad SMARTS) is 1. The van der Waals surface area contributed by atoms with Gasteiger partial charge in [0.15, 0.2) is 11.5 Å². The number of fused-ring (bicyclic) bond motifs is 4. The highest BCUT2D eigenvalue weighted by Crippen LogP contribution is 2.43. The number of hydrogen-bond acceptors (Lipinski definition) is 9. The van der Waals surface area contributed by atoms with Crippen LogP contribution < -0.4 is 19.3 Å². The highest BCUT2D eigenvalue weighted by Gasteiger charge is 2.37. The van der Waals surface area contributed by atoms with Crippen molar-refractivity contribution in [1.82, 2.24) is 19.3 Å². The van der Waals surface area contributed by atoms with Crippen molar-refractivity contribution in [2.75, 3.05) is 69.6 Å². The zero-order valence-electron chi connectivity index (χ0n) is 33.4. The Kier molecular flexibility index (Phi) is 9.60. The van der Waals surface area contributed by atoms with E-state index in [1.165, 1.54) is 10.5 Å². The summed E-state index contributed by atoms with van der Waals surface area (Å²) < 4.78 is 19.4. The predicted molar refractivity (Wildman–Crippen MR) is 223 cm³/mol. The Bertz CT molecular complexity index is 2510. The molecule has 5 aliphatic heterocycles. The number of aromatic hydroxyl groups is 1. The van der Waals surface area contributed by atoms with Crippen molar-refractivity contribution < 1.29 is 38.8 Å². The highest BCUT2D eigenvalue weighted by molar-refractivity contribution is 6.13. The molecule has 1 atom stereocenters. The number of anilines is 3. The molecule has 0 radical (unpaired) electrons. The van der Waals surface area contributed by atoms with Gasteiger partial charge in [0.05, 0.1) is 42.3 Å². The average Bonchev–Trinajstić information content (AvgIpc) is 4.00. The molecular formula is C46H46N6O8. The molecule has 0 spiro atoms. The standard InChI is InChI=1S/C46H46N6O8/c1-47-13-12-30-21-33(8-11-39(30)47)52(32-6-9-35(53)10-7-32)45(55)38-22-40(50-15-14-49(46(56)57)27-41(38)50)36-23-42-43(60-28-59-42)24-37(36)44(54)51-25-31-5-3-2-4-29(31)20-34(51)26-48-16-18-58-19-17-48/h2-11,21-24,34,53H,12-20,25-28H2,1H3,(H,56,57)/t34-/m0/s1. The molecule has 6 heterocycles. The molecule has 14 nitrogen and oxygen atoms in total. The molecule has 308 valence electrons. The number of amides is 3. The number of aromatic nitrogens is 1. The number of nitrogens with zero attached hydrogens (tertiary/aromatic N) is 6. The van der Waals surface area contributed by atoms with Gasteiger partial charge >= 0.3 is 6.09 Å². The van der Waals surface area contributed by atoms with E-state index >= 15 is 9.59 Å². The van der Waals surface area contributed by atoms with Gasteiger partial charge in [0.1, 0.15) is 5.75 Å². The zero-order chi connectivity index (χ0) is 41.1. The van der Waals surface area contributed by atoms with Crippen molar-refractivity contribution in [2.24, 2.45) is 0 Å². The number of ether oxygens (including phenoxy) is 3. The Morgan fingerprint density at radius 3 is 2.32 bits per heavy atom. The minimum Gasteiger partial charge on any atom is -0.508 e. The first-order valence-electron chi connectivity index (χ1n) is 20.5. The monoisotopic (exact) mass is 810 g/mol. The Morgan fingerprint density at radius 2 is 1.53 bits per heavy atom. The SMILES string of the molecule is CN1CCc2cc(N(C(=O)c3cc(-c4cc5c(cc4C(=O)N4Cc6ccccc6C[C@H]4CN4CCOCC4)OCO5)n4c3CN(C(=O)O)CC4)c3ccc(O)cc3)ccc21. The van der Waals surface area contributed by atoms with Crippen molar-refractivity contribution in [3.05, 3.63) is 118 Å². The molecule has 2 N–H and O–H groups in total. The number of phenols is 1. The Hall–Kier alpha value is -6.51. The maximum atomic E-state index is 15.3. The van der Waals surface area contributed by atoms with E-state index in [1.807, 2.05) is 52.9 Å². The van der Waals surface area contributed by atoms with Gasteiger partial charge in [0.2, 0.25) is 6.79 Å². The van der Waals surface area contributed by atoms with Crippen molar-refractivity contribution in [2.45, 2.75) is 38.5 Å². The van der Waals surface area contributed by atoms with E-state index in [9.17, 15) is 15.0 Å². The average molecular weight is 811 g/mol. The lowest BCUT2D eigenvalue weighted by Crippen LogP contribution is -2.52. The van der Waals surface area contributed by atoms with Crippen LogP contribution in [0.1, 0.15) is 43.1 Å². The molecule has 0 bridgehead atoms. The number of morpholine rings is 1. The van der Waals surface area contributed by atoms with E-state index in [2.05, 4.69) is 21.9 Å². The van der Waals surface area contributed by atoms with E-state index in [-0.39, 0.29) is 50.0 Å². The second-order valence-corrected chi connectivity index (χ2v) is 16.1. The van der Waals surface area contributed by atoms with Crippen molar-refractivity contribution >= 4 is 35.0 Å². The molecule has 1 fully saturated rings. The van der Waals surface area contributed by atoms with Crippen molar-refractivity contribution in [3.8, 4) is 28.5 Å². The van der Waals surface area contributed by atoms with Crippen LogP contribution in [0, 0.1) is 0 Å². The van der Waals surface area contributed by atoms with Crippen LogP contribution in [-0.4, -0.2) is 113 Å². The van der Waals surface area contributed by atoms with Crippen LogP contribution in [0.4, 0.5) is 21.9 Å². The summed E-state index contributed by atoms with van der Waals surface area (Å²) in [6, 6.07) is 25.9. The van der Waals surface area contributed by atoms with Crippen LogP contribution in [-0.2, 0) is 37.2 Å². The van der Waals surface area contributed by atoms with E-state index in [0.29, 0.717) is 83.7 Å². The van der Waals surface area contributed by atoms with Crippen LogP contribution >= 0.6 is 0 Å². The van der Waals surface area contributed by atoms with Gasteiger partial charge in [0, 0.05) is 81.5 Å². The predicted octanol–water partition coefficient (Wildman–Crippen LogP) is 5.95. The summed E-state index contributed by atoms with van der Waals surface area (Å²) in [5.41, 5.74) is 8.10. The lowest BCUT2D eigenvalue weighted by Gasteiger charge is -2.40. The summed E-state index contributed by atoms with van der Waals surface area (Å²) in [6.45, 7) is 5.29. The van der Waals surface area contributed by atoms with Gasteiger partial charge in [0.25, 0.3) is 11.8 Å². The van der Waals surface area contributed by atoms with Gasteiger partial charge in [-0.25, -0.2) is 4.79 Å². The summed E-state index contributed by atoms with van der Waals surface area (Å²) >= 11 is 0. The molecular weight excluding hydrogens is 765 g/mol. The van der Waals surface area contributed by atoms with Crippen molar-refractivity contribution in [3.63, 3.8) is 0 Å². The number of hydrogen-bond donors (Lipinski definition) is 2. The van der Waals surface area contributed by atoms with Gasteiger partial charge in [-0.1, -0.05) is 24.3 Å². The van der Waals surface area contributed by atoms with Crippen molar-refractivity contribution in [1.29, 1.82) is 0 Å². The molecule has 5 aromatic rings. The van der Waals surface area contributed by atoms with Crippen LogP contribution in [0.5, 0.6) is 17.2 Å². The fourth-order valence-electron chi connectivity index (χ4n) is 9.42. The van der Waals surface area contributed by atoms with Crippen LogP contribution in [0.2, 0.25) is 0 Å². The Labute approximate surface area is 347 Å². The summed E-state index contributed by atoms with van der Waals surface area (Å²) in [7, 11) is 2.04. The maximum absolute atomic E-state index is 15.3. The highest BCUT2D eigenvalue weighted by atomic mass is 16.7. The van der Waals surface area contributed by atoms with Gasteiger partial charge in [-0.3, -0.25) is 19.4 Å². The zero-order valence-corrected chi connectivity index (χ0v) is 33.4. The first-order chi connectivity index (χ1) is 29.2. The van der Waals surface area contributed by atoms with Gasteiger partial charge < -0.3 is 43.7 Å². The number of phenolic OH excluding ortho intramolecular Hbond substituents is 1. The molecule has 0 aliphatic carbocycles. The van der Waals surface area contributed by atoms with Crippen LogP contribution in [0.3, 0.4) is 0 Å². The number of likely N-dealkylation sites (N-methyl/N-ethyl adjacent to an activating group) is 1. The Balaban J connectivity index is 1.10. The van der Waals surface area contributed by atoms with Crippen LogP contribution in [0.25, 0.3) is 11.3 Å². The smallest absolute Gasteiger partial charge is 0.407 e. The summed E-state index contributed by atoms with van der Waals surface area (Å²) in [5, 5.41) is 20.4. The number of carbonyl (C=O) groups excluding carboxylic acids is 2. The molecule has 5 aliphatic rings. The minimum atomic E-state index is -1.09. The lowest BCUT2D eigenvalue weighted by atomic mass is 9.92. The van der Waals surface area contributed by atoms with Gasteiger partial charge in [-0.05, 0) is 90.2 Å². The molecule has 1 saturated heterocycles. The van der Waals surface area contributed by atoms with E-state index in [1.54, 1.807) is 41.3 Å². The quantitative estimate of drug-likeness (QED) is 0.203. The fourth-order valence-corrected chi connectivity index (χ4v) is 9.42. The molecule has 14 heteroatoms. The lowest BCUT2D eigenvalue weighted by molar-refractivity contribution is 0.0193. The van der Waals surface area contributed by atoms with E-state index in [0.717, 1.165) is 42.9 Å². The molecule has 4 aromatic carbocycles. The molecule has 60 heavy (non-hydrogen) atoms. The normalized spacial score (nSPS) is 18.2. The number of rotatable bonds is 7. The third-order valence-electron chi connectivity index (χ3n) is 12.6. The summed E-state index contributed by atoms with van der Waals surface area (Å²) in [4.78, 5) is 52.6. The number of carbonyl (C=O) groups is 3. The largest absolute Gasteiger partial charge is 0.508 e. The summed E-state index contributed by atoms with van der Waals surface area (Å²) in [6.07, 6.45) is 0.444. The second-order valence-electron chi connectivity index (χ2n) is 16.1. The third-order valence-corrected chi connectivity index (χ3v) is 12.6. The molecule has 0 unspecified atom stereocenters. The van der Waals surface area contributed by atoms with Gasteiger partial charge in [-0.15, -0.1) is 0 Å². The second kappa shape index (κ2) is 15.3. The molecule has 10 rings (SSSR count).